The first-order valence-electron chi connectivity index (χ1n) is 12.7. The zero-order valence-corrected chi connectivity index (χ0v) is 20.8. The molecular formula is C30H33N3O3. The highest BCUT2D eigenvalue weighted by Gasteiger charge is 2.57. The van der Waals surface area contributed by atoms with E-state index in [1.165, 1.54) is 16.0 Å². The van der Waals surface area contributed by atoms with Crippen molar-refractivity contribution >= 4 is 11.9 Å². The van der Waals surface area contributed by atoms with Crippen molar-refractivity contribution in [1.82, 2.24) is 14.7 Å². The number of imide groups is 1. The summed E-state index contributed by atoms with van der Waals surface area (Å²) < 4.78 is 5.37. The Morgan fingerprint density at radius 3 is 2.08 bits per heavy atom. The number of carbonyl (C=O) groups excluding carboxylic acids is 2. The van der Waals surface area contributed by atoms with E-state index in [1.54, 1.807) is 7.11 Å². The number of ether oxygens (including phenoxy) is 1. The smallest absolute Gasteiger partial charge is 0.328 e. The van der Waals surface area contributed by atoms with Gasteiger partial charge in [-0.2, -0.15) is 0 Å². The summed E-state index contributed by atoms with van der Waals surface area (Å²) in [5, 5.41) is 0. The monoisotopic (exact) mass is 483 g/mol. The van der Waals surface area contributed by atoms with Crippen LogP contribution in [0.1, 0.15) is 29.5 Å². The van der Waals surface area contributed by atoms with E-state index in [9.17, 15) is 9.59 Å². The minimum absolute atomic E-state index is 0.0505. The van der Waals surface area contributed by atoms with Crippen LogP contribution in [-0.4, -0.2) is 58.9 Å². The molecule has 5 rings (SSSR count). The second-order valence-corrected chi connectivity index (χ2v) is 9.71. The van der Waals surface area contributed by atoms with Gasteiger partial charge in [0.1, 0.15) is 11.3 Å². The first kappa shape index (κ1) is 24.1. The van der Waals surface area contributed by atoms with E-state index in [0.29, 0.717) is 25.9 Å². The second-order valence-electron chi connectivity index (χ2n) is 9.71. The third-order valence-electron chi connectivity index (χ3n) is 7.50. The molecule has 2 aliphatic rings. The fraction of sp³-hybridized carbons (Fsp3) is 0.333. The summed E-state index contributed by atoms with van der Waals surface area (Å²) >= 11 is 0. The number of methoxy groups -OCH3 is 1. The normalized spacial score (nSPS) is 17.7. The maximum absolute atomic E-state index is 13.9. The van der Waals surface area contributed by atoms with E-state index in [-0.39, 0.29) is 11.9 Å². The molecule has 1 spiro atoms. The average molecular weight is 484 g/mol. The number of hydrogen-bond acceptors (Lipinski definition) is 4. The van der Waals surface area contributed by atoms with Crippen LogP contribution >= 0.6 is 0 Å². The van der Waals surface area contributed by atoms with Gasteiger partial charge < -0.3 is 9.64 Å². The molecule has 0 atom stereocenters. The Labute approximate surface area is 213 Å². The van der Waals surface area contributed by atoms with Crippen LogP contribution in [0.2, 0.25) is 0 Å². The second kappa shape index (κ2) is 10.5. The van der Waals surface area contributed by atoms with Crippen LogP contribution in [0.25, 0.3) is 0 Å². The lowest BCUT2D eigenvalue weighted by Gasteiger charge is -2.42. The van der Waals surface area contributed by atoms with Crippen LogP contribution < -0.4 is 4.74 Å². The molecule has 186 valence electrons. The molecule has 0 N–H and O–H groups in total. The van der Waals surface area contributed by atoms with Gasteiger partial charge in [-0.05, 0) is 48.1 Å². The van der Waals surface area contributed by atoms with Crippen LogP contribution in [0.15, 0.2) is 84.9 Å². The summed E-state index contributed by atoms with van der Waals surface area (Å²) in [6.07, 6.45) is 2.01. The lowest BCUT2D eigenvalue weighted by molar-refractivity contribution is -0.136. The number of likely N-dealkylation sites (tertiary alicyclic amines) is 1. The van der Waals surface area contributed by atoms with Crippen molar-refractivity contribution in [2.75, 3.05) is 26.7 Å². The summed E-state index contributed by atoms with van der Waals surface area (Å²) in [4.78, 5) is 33.3. The number of urea groups is 1. The first-order valence-corrected chi connectivity index (χ1v) is 12.7. The number of amides is 3. The molecule has 0 unspecified atom stereocenters. The quantitative estimate of drug-likeness (QED) is 0.435. The van der Waals surface area contributed by atoms with Crippen molar-refractivity contribution in [3.63, 3.8) is 0 Å². The number of piperidine rings is 1. The third-order valence-corrected chi connectivity index (χ3v) is 7.50. The maximum atomic E-state index is 13.9. The fourth-order valence-corrected chi connectivity index (χ4v) is 5.48. The standard InChI is InChI=1S/C30H33N3O3/c1-36-27-14-8-13-26(21-27)22-31-19-16-30(17-20-31)28(34)32(23-25-11-6-3-7-12-25)29(35)33(30)18-15-24-9-4-2-5-10-24/h2-14,21H,15-20,22-23H2,1H3. The van der Waals surface area contributed by atoms with E-state index in [4.69, 9.17) is 4.74 Å². The number of benzene rings is 3. The van der Waals surface area contributed by atoms with E-state index in [0.717, 1.165) is 37.4 Å². The molecule has 6 nitrogen and oxygen atoms in total. The van der Waals surface area contributed by atoms with E-state index in [1.807, 2.05) is 65.6 Å². The van der Waals surface area contributed by atoms with Crippen molar-refractivity contribution in [2.24, 2.45) is 0 Å². The summed E-state index contributed by atoms with van der Waals surface area (Å²) in [5.41, 5.74) is 2.55. The van der Waals surface area contributed by atoms with Gasteiger partial charge in [-0.25, -0.2) is 4.79 Å². The number of rotatable bonds is 8. The number of hydrogen-bond donors (Lipinski definition) is 0. The lowest BCUT2D eigenvalue weighted by Crippen LogP contribution is -2.56. The predicted molar refractivity (Wildman–Crippen MR) is 139 cm³/mol. The van der Waals surface area contributed by atoms with E-state index in [2.05, 4.69) is 29.2 Å². The van der Waals surface area contributed by atoms with Gasteiger partial charge in [0.15, 0.2) is 0 Å². The van der Waals surface area contributed by atoms with Crippen molar-refractivity contribution in [2.45, 2.75) is 37.9 Å². The van der Waals surface area contributed by atoms with E-state index < -0.39 is 5.54 Å². The van der Waals surface area contributed by atoms with Crippen molar-refractivity contribution in [3.8, 4) is 5.75 Å². The third kappa shape index (κ3) is 4.86. The molecule has 0 saturated carbocycles. The molecule has 0 aliphatic carbocycles. The fourth-order valence-electron chi connectivity index (χ4n) is 5.48. The molecule has 0 bridgehead atoms. The zero-order chi connectivity index (χ0) is 25.0. The lowest BCUT2D eigenvalue weighted by atomic mass is 9.85. The molecular weight excluding hydrogens is 450 g/mol. The Morgan fingerprint density at radius 2 is 1.42 bits per heavy atom. The molecule has 0 radical (unpaired) electrons. The van der Waals surface area contributed by atoms with Crippen LogP contribution in [0.5, 0.6) is 5.75 Å². The molecule has 0 aromatic heterocycles. The predicted octanol–water partition coefficient (Wildman–Crippen LogP) is 4.74. The maximum Gasteiger partial charge on any atom is 0.328 e. The van der Waals surface area contributed by atoms with Crippen molar-refractivity contribution in [3.05, 3.63) is 102 Å². The van der Waals surface area contributed by atoms with Gasteiger partial charge in [0.05, 0.1) is 13.7 Å². The molecule has 3 aromatic rings. The van der Waals surface area contributed by atoms with Gasteiger partial charge in [-0.15, -0.1) is 0 Å². The zero-order valence-electron chi connectivity index (χ0n) is 20.8. The summed E-state index contributed by atoms with van der Waals surface area (Å²) in [7, 11) is 1.68. The number of carbonyl (C=O) groups is 2. The Hall–Kier alpha value is -3.64. The van der Waals surface area contributed by atoms with Crippen LogP contribution in [0.3, 0.4) is 0 Å². The topological polar surface area (TPSA) is 53.1 Å². The highest BCUT2D eigenvalue weighted by Crippen LogP contribution is 2.38. The number of nitrogens with zero attached hydrogens (tertiary/aromatic N) is 3. The molecule has 36 heavy (non-hydrogen) atoms. The molecule has 2 fully saturated rings. The largest absolute Gasteiger partial charge is 0.497 e. The molecule has 2 saturated heterocycles. The Morgan fingerprint density at radius 1 is 0.778 bits per heavy atom. The Balaban J connectivity index is 1.34. The van der Waals surface area contributed by atoms with Crippen molar-refractivity contribution in [1.29, 1.82) is 0 Å². The SMILES string of the molecule is COc1cccc(CN2CCC3(CC2)C(=O)N(Cc2ccccc2)C(=O)N3CCc2ccccc2)c1. The van der Waals surface area contributed by atoms with Gasteiger partial charge in [0.2, 0.25) is 0 Å². The molecule has 2 aliphatic heterocycles. The molecule has 3 amide bonds. The van der Waals surface area contributed by atoms with Gasteiger partial charge in [0, 0.05) is 26.2 Å². The summed E-state index contributed by atoms with van der Waals surface area (Å²) in [6, 6.07) is 27.9. The van der Waals surface area contributed by atoms with Crippen LogP contribution in [0, 0.1) is 0 Å². The average Bonchev–Trinajstić information content (AvgIpc) is 3.11. The van der Waals surface area contributed by atoms with Crippen LogP contribution in [-0.2, 0) is 24.3 Å². The molecule has 2 heterocycles. The van der Waals surface area contributed by atoms with Crippen LogP contribution in [0.4, 0.5) is 4.79 Å². The first-order chi connectivity index (χ1) is 17.6. The molecule has 6 heteroatoms. The Kier molecular flexibility index (Phi) is 7.05. The Bertz CT molecular complexity index is 1190. The van der Waals surface area contributed by atoms with Gasteiger partial charge >= 0.3 is 6.03 Å². The minimum Gasteiger partial charge on any atom is -0.497 e. The van der Waals surface area contributed by atoms with Crippen molar-refractivity contribution < 1.29 is 14.3 Å². The van der Waals surface area contributed by atoms with Gasteiger partial charge in [-0.1, -0.05) is 72.8 Å². The minimum atomic E-state index is -0.772. The summed E-state index contributed by atoms with van der Waals surface area (Å²) in [5.74, 6) is 0.798. The summed E-state index contributed by atoms with van der Waals surface area (Å²) in [6.45, 7) is 3.17. The highest BCUT2D eigenvalue weighted by molar-refractivity contribution is 6.07. The van der Waals surface area contributed by atoms with Gasteiger partial charge in [-0.3, -0.25) is 14.6 Å². The van der Waals surface area contributed by atoms with E-state index >= 15 is 0 Å². The highest BCUT2D eigenvalue weighted by atomic mass is 16.5. The molecule has 3 aromatic carbocycles. The van der Waals surface area contributed by atoms with Gasteiger partial charge in [0.25, 0.3) is 5.91 Å².